The van der Waals surface area contributed by atoms with Gasteiger partial charge in [-0.1, -0.05) is 0 Å². The number of anilines is 1. The third-order valence-electron chi connectivity index (χ3n) is 2.72. The number of benzene rings is 1. The lowest BCUT2D eigenvalue weighted by Gasteiger charge is -2.12. The number of carbonyl (C=O) groups excluding carboxylic acids is 3. The number of ether oxygens (including phenoxy) is 1. The van der Waals surface area contributed by atoms with E-state index in [1.807, 2.05) is 0 Å². The fourth-order valence-electron chi connectivity index (χ4n) is 1.71. The summed E-state index contributed by atoms with van der Waals surface area (Å²) in [4.78, 5) is 35.5. The van der Waals surface area contributed by atoms with Crippen molar-refractivity contribution in [2.75, 3.05) is 25.4 Å². The Morgan fingerprint density at radius 1 is 1.45 bits per heavy atom. The molecular formula is C12H12FN3O4. The highest BCUT2D eigenvalue weighted by atomic mass is 19.1. The lowest BCUT2D eigenvalue weighted by atomic mass is 10.2. The SMILES string of the molecule is Nc1cc(F)ccc1C(=O)OCC(=O)N1CCNC1=O. The molecule has 2 rings (SSSR count). The van der Waals surface area contributed by atoms with Crippen molar-refractivity contribution in [3.05, 3.63) is 29.6 Å². The van der Waals surface area contributed by atoms with Crippen molar-refractivity contribution in [1.82, 2.24) is 10.2 Å². The van der Waals surface area contributed by atoms with Crippen LogP contribution in [0, 0.1) is 5.82 Å². The minimum absolute atomic E-state index is 0.0370. The van der Waals surface area contributed by atoms with Crippen LogP contribution in [0.3, 0.4) is 0 Å². The third-order valence-corrected chi connectivity index (χ3v) is 2.72. The van der Waals surface area contributed by atoms with Crippen LogP contribution in [0.4, 0.5) is 14.9 Å². The van der Waals surface area contributed by atoms with E-state index in [1.54, 1.807) is 0 Å². The highest BCUT2D eigenvalue weighted by Crippen LogP contribution is 2.14. The first-order valence-electron chi connectivity index (χ1n) is 5.79. The molecule has 1 aliphatic rings. The van der Waals surface area contributed by atoms with Crippen molar-refractivity contribution >= 4 is 23.6 Å². The lowest BCUT2D eigenvalue weighted by Crippen LogP contribution is -2.37. The van der Waals surface area contributed by atoms with Crippen LogP contribution in [0.1, 0.15) is 10.4 Å². The number of esters is 1. The zero-order valence-electron chi connectivity index (χ0n) is 10.4. The molecular weight excluding hydrogens is 269 g/mol. The molecule has 0 saturated carbocycles. The van der Waals surface area contributed by atoms with Gasteiger partial charge in [0.25, 0.3) is 5.91 Å². The highest BCUT2D eigenvalue weighted by Gasteiger charge is 2.27. The molecule has 7 nitrogen and oxygen atoms in total. The molecule has 1 aliphatic heterocycles. The van der Waals surface area contributed by atoms with E-state index in [-0.39, 0.29) is 17.8 Å². The van der Waals surface area contributed by atoms with Gasteiger partial charge in [-0.3, -0.25) is 9.69 Å². The fraction of sp³-hybridized carbons (Fsp3) is 0.250. The molecule has 0 radical (unpaired) electrons. The van der Waals surface area contributed by atoms with Crippen LogP contribution in [-0.2, 0) is 9.53 Å². The van der Waals surface area contributed by atoms with Gasteiger partial charge in [0.05, 0.1) is 5.56 Å². The fourth-order valence-corrected chi connectivity index (χ4v) is 1.71. The maximum absolute atomic E-state index is 12.8. The predicted molar refractivity (Wildman–Crippen MR) is 66.2 cm³/mol. The minimum Gasteiger partial charge on any atom is -0.452 e. The monoisotopic (exact) mass is 281 g/mol. The Morgan fingerprint density at radius 3 is 2.80 bits per heavy atom. The predicted octanol–water partition coefficient (Wildman–Crippen LogP) is 0.117. The average molecular weight is 281 g/mol. The lowest BCUT2D eigenvalue weighted by molar-refractivity contribution is -0.130. The standard InChI is InChI=1S/C12H12FN3O4/c13-7-1-2-8(9(14)5-7)11(18)20-6-10(17)16-4-3-15-12(16)19/h1-2,5H,3-4,6,14H2,(H,15,19). The Morgan fingerprint density at radius 2 is 2.20 bits per heavy atom. The largest absolute Gasteiger partial charge is 0.452 e. The van der Waals surface area contributed by atoms with Gasteiger partial charge in [-0.25, -0.2) is 14.0 Å². The normalized spacial score (nSPS) is 14.1. The van der Waals surface area contributed by atoms with Gasteiger partial charge in [-0.05, 0) is 18.2 Å². The second-order valence-electron chi connectivity index (χ2n) is 4.09. The first kappa shape index (κ1) is 13.8. The van der Waals surface area contributed by atoms with E-state index in [0.29, 0.717) is 6.54 Å². The number of rotatable bonds is 3. The Hall–Kier alpha value is -2.64. The maximum Gasteiger partial charge on any atom is 0.340 e. The van der Waals surface area contributed by atoms with Crippen molar-refractivity contribution in [1.29, 1.82) is 0 Å². The van der Waals surface area contributed by atoms with E-state index in [2.05, 4.69) is 5.32 Å². The van der Waals surface area contributed by atoms with Crippen LogP contribution in [-0.4, -0.2) is 42.5 Å². The van der Waals surface area contributed by atoms with E-state index in [9.17, 15) is 18.8 Å². The summed E-state index contributed by atoms with van der Waals surface area (Å²) in [6.45, 7) is 0.0143. The molecule has 3 amide bonds. The molecule has 0 unspecified atom stereocenters. The molecule has 106 valence electrons. The molecule has 0 bridgehead atoms. The first-order valence-corrected chi connectivity index (χ1v) is 5.79. The zero-order chi connectivity index (χ0) is 14.7. The Balaban J connectivity index is 1.95. The van der Waals surface area contributed by atoms with E-state index < -0.39 is 30.3 Å². The summed E-state index contributed by atoms with van der Waals surface area (Å²) in [6, 6.07) is 2.68. The second kappa shape index (κ2) is 5.55. The summed E-state index contributed by atoms with van der Waals surface area (Å²) in [5, 5.41) is 2.45. The number of nitrogens with two attached hydrogens (primary N) is 1. The van der Waals surface area contributed by atoms with Crippen LogP contribution in [0.25, 0.3) is 0 Å². The number of carbonyl (C=O) groups is 3. The maximum atomic E-state index is 12.8. The number of hydrogen-bond acceptors (Lipinski definition) is 5. The number of hydrogen-bond donors (Lipinski definition) is 2. The van der Waals surface area contributed by atoms with Crippen molar-refractivity contribution < 1.29 is 23.5 Å². The molecule has 1 aromatic rings. The van der Waals surface area contributed by atoms with Crippen LogP contribution in [0.2, 0.25) is 0 Å². The number of amides is 3. The number of urea groups is 1. The van der Waals surface area contributed by atoms with Crippen molar-refractivity contribution in [2.45, 2.75) is 0 Å². The molecule has 0 aromatic heterocycles. The topological polar surface area (TPSA) is 102 Å². The van der Waals surface area contributed by atoms with Gasteiger partial charge in [-0.15, -0.1) is 0 Å². The van der Waals surface area contributed by atoms with Crippen LogP contribution in [0.5, 0.6) is 0 Å². The van der Waals surface area contributed by atoms with Crippen LogP contribution >= 0.6 is 0 Å². The first-order chi connectivity index (χ1) is 9.49. The number of nitrogens with zero attached hydrogens (tertiary/aromatic N) is 1. The Labute approximate surface area is 113 Å². The molecule has 1 heterocycles. The van der Waals surface area contributed by atoms with E-state index in [1.165, 1.54) is 6.07 Å². The van der Waals surface area contributed by atoms with Crippen molar-refractivity contribution in [3.63, 3.8) is 0 Å². The zero-order valence-corrected chi connectivity index (χ0v) is 10.4. The van der Waals surface area contributed by atoms with Gasteiger partial charge in [0.15, 0.2) is 6.61 Å². The van der Waals surface area contributed by atoms with Gasteiger partial charge in [0.1, 0.15) is 5.82 Å². The van der Waals surface area contributed by atoms with Crippen LogP contribution in [0.15, 0.2) is 18.2 Å². The Kier molecular flexibility index (Phi) is 3.83. The van der Waals surface area contributed by atoms with Gasteiger partial charge < -0.3 is 15.8 Å². The summed E-state index contributed by atoms with van der Waals surface area (Å²) in [6.07, 6.45) is 0. The average Bonchev–Trinajstić information content (AvgIpc) is 2.82. The smallest absolute Gasteiger partial charge is 0.340 e. The molecule has 8 heteroatoms. The molecule has 3 N–H and O–H groups in total. The summed E-state index contributed by atoms with van der Waals surface area (Å²) in [5.41, 5.74) is 5.35. The summed E-state index contributed by atoms with van der Waals surface area (Å²) in [7, 11) is 0. The second-order valence-corrected chi connectivity index (χ2v) is 4.09. The number of nitrogen functional groups attached to an aromatic ring is 1. The molecule has 1 aromatic carbocycles. The molecule has 0 spiro atoms. The minimum atomic E-state index is -0.851. The van der Waals surface area contributed by atoms with E-state index in [0.717, 1.165) is 17.0 Å². The summed E-state index contributed by atoms with van der Waals surface area (Å²) < 4.78 is 17.6. The number of halogens is 1. The van der Waals surface area contributed by atoms with Crippen molar-refractivity contribution in [3.8, 4) is 0 Å². The summed E-state index contributed by atoms with van der Waals surface area (Å²) in [5.74, 6) is -2.06. The van der Waals surface area contributed by atoms with Gasteiger partial charge in [0.2, 0.25) is 0 Å². The molecule has 1 saturated heterocycles. The van der Waals surface area contributed by atoms with Gasteiger partial charge in [-0.2, -0.15) is 0 Å². The van der Waals surface area contributed by atoms with E-state index >= 15 is 0 Å². The molecule has 1 fully saturated rings. The highest BCUT2D eigenvalue weighted by molar-refractivity contribution is 5.99. The molecule has 0 aliphatic carbocycles. The quantitative estimate of drug-likeness (QED) is 0.605. The molecule has 0 atom stereocenters. The number of nitrogens with one attached hydrogen (secondary N) is 1. The van der Waals surface area contributed by atoms with Gasteiger partial charge in [0, 0.05) is 18.8 Å². The summed E-state index contributed by atoms with van der Waals surface area (Å²) >= 11 is 0. The molecule has 20 heavy (non-hydrogen) atoms. The van der Waals surface area contributed by atoms with E-state index in [4.69, 9.17) is 10.5 Å². The van der Waals surface area contributed by atoms with Gasteiger partial charge >= 0.3 is 12.0 Å². The number of imide groups is 1. The third kappa shape index (κ3) is 2.85. The Bertz CT molecular complexity index is 576. The van der Waals surface area contributed by atoms with Crippen LogP contribution < -0.4 is 11.1 Å². The van der Waals surface area contributed by atoms with Crippen molar-refractivity contribution in [2.24, 2.45) is 0 Å².